The summed E-state index contributed by atoms with van der Waals surface area (Å²) in [6.45, 7) is 1.35. The molecular weight excluding hydrogens is 460 g/mol. The molecular formula is C25H30ClF2N5O. The summed E-state index contributed by atoms with van der Waals surface area (Å²) < 4.78 is 29.2. The normalized spacial score (nSPS) is 17.0. The molecule has 0 saturated heterocycles. The SMILES string of the molecule is CN(C)[C@H](CNC(=O)C[C@@H](c1cncc(Cl)c1)C1(C(C)(F)F)CC1)Cc1ccc2[nH]ncc2c1. The van der Waals surface area contributed by atoms with Gasteiger partial charge in [-0.1, -0.05) is 17.7 Å². The second kappa shape index (κ2) is 9.58. The summed E-state index contributed by atoms with van der Waals surface area (Å²) in [5, 5.41) is 11.4. The van der Waals surface area contributed by atoms with Crippen molar-refractivity contribution in [3.8, 4) is 0 Å². The van der Waals surface area contributed by atoms with Gasteiger partial charge in [-0.2, -0.15) is 5.10 Å². The van der Waals surface area contributed by atoms with E-state index in [-0.39, 0.29) is 18.4 Å². The van der Waals surface area contributed by atoms with Crippen molar-refractivity contribution in [2.75, 3.05) is 20.6 Å². The summed E-state index contributed by atoms with van der Waals surface area (Å²) in [4.78, 5) is 19.1. The molecule has 1 aromatic carbocycles. The number of nitrogens with zero attached hydrogens (tertiary/aromatic N) is 3. The summed E-state index contributed by atoms with van der Waals surface area (Å²) in [5.41, 5.74) is 1.45. The van der Waals surface area contributed by atoms with Crippen LogP contribution in [0.5, 0.6) is 0 Å². The van der Waals surface area contributed by atoms with E-state index in [0.29, 0.717) is 30.0 Å². The number of amides is 1. The lowest BCUT2D eigenvalue weighted by atomic mass is 9.77. The quantitative estimate of drug-likeness (QED) is 0.428. The van der Waals surface area contributed by atoms with Gasteiger partial charge in [0.2, 0.25) is 5.91 Å². The number of nitrogens with one attached hydrogen (secondary N) is 2. The molecule has 4 rings (SSSR count). The van der Waals surface area contributed by atoms with Crippen LogP contribution in [0.3, 0.4) is 0 Å². The molecule has 0 radical (unpaired) electrons. The van der Waals surface area contributed by atoms with E-state index in [1.807, 2.05) is 26.2 Å². The molecule has 9 heteroatoms. The monoisotopic (exact) mass is 489 g/mol. The third kappa shape index (κ3) is 5.23. The number of hydrogen-bond acceptors (Lipinski definition) is 4. The van der Waals surface area contributed by atoms with Crippen molar-refractivity contribution in [3.05, 3.63) is 59.0 Å². The maximum atomic E-state index is 14.6. The van der Waals surface area contributed by atoms with Gasteiger partial charge in [0.1, 0.15) is 0 Å². The summed E-state index contributed by atoms with van der Waals surface area (Å²) in [5.74, 6) is -3.81. The highest BCUT2D eigenvalue weighted by atomic mass is 35.5. The highest BCUT2D eigenvalue weighted by Gasteiger charge is 2.63. The molecule has 1 amide bonds. The van der Waals surface area contributed by atoms with E-state index in [0.717, 1.165) is 29.8 Å². The second-order valence-corrected chi connectivity index (χ2v) is 10.1. The molecule has 182 valence electrons. The Hall–Kier alpha value is -2.58. The van der Waals surface area contributed by atoms with Crippen LogP contribution in [-0.2, 0) is 11.2 Å². The van der Waals surface area contributed by atoms with E-state index < -0.39 is 17.3 Å². The molecule has 1 aliphatic carbocycles. The van der Waals surface area contributed by atoms with Crippen molar-refractivity contribution in [2.24, 2.45) is 5.41 Å². The van der Waals surface area contributed by atoms with Crippen LogP contribution >= 0.6 is 11.6 Å². The Morgan fingerprint density at radius 3 is 2.68 bits per heavy atom. The van der Waals surface area contributed by atoms with Gasteiger partial charge >= 0.3 is 0 Å². The van der Waals surface area contributed by atoms with Gasteiger partial charge in [-0.05, 0) is 69.6 Å². The van der Waals surface area contributed by atoms with Gasteiger partial charge in [-0.3, -0.25) is 14.9 Å². The van der Waals surface area contributed by atoms with E-state index in [1.54, 1.807) is 18.5 Å². The molecule has 2 heterocycles. The standard InChI is InChI=1S/C25H30ClF2N5O/c1-24(27,28)25(6-7-25)21(17-10-19(26)14-29-12-17)11-23(34)30-15-20(33(2)3)9-16-4-5-22-18(8-16)13-31-32-22/h4-5,8,10,12-14,20-21H,6-7,9,11,15H2,1-3H3,(H,30,34)(H,31,32)/t20-,21-/m0/s1. The molecule has 6 nitrogen and oxygen atoms in total. The smallest absolute Gasteiger partial charge is 0.251 e. The van der Waals surface area contributed by atoms with E-state index in [1.165, 1.54) is 6.20 Å². The predicted octanol–water partition coefficient (Wildman–Crippen LogP) is 4.81. The van der Waals surface area contributed by atoms with Gasteiger partial charge in [-0.25, -0.2) is 8.78 Å². The van der Waals surface area contributed by atoms with Crippen molar-refractivity contribution in [3.63, 3.8) is 0 Å². The van der Waals surface area contributed by atoms with E-state index in [9.17, 15) is 13.6 Å². The van der Waals surface area contributed by atoms with Gasteiger partial charge < -0.3 is 10.2 Å². The first-order chi connectivity index (χ1) is 16.1. The number of halogens is 3. The third-order valence-corrected chi connectivity index (χ3v) is 7.30. The Morgan fingerprint density at radius 2 is 2.03 bits per heavy atom. The zero-order valence-corrected chi connectivity index (χ0v) is 20.4. The number of hydrogen-bond donors (Lipinski definition) is 2. The van der Waals surface area contributed by atoms with Crippen LogP contribution in [0.1, 0.15) is 43.2 Å². The van der Waals surface area contributed by atoms with Crippen molar-refractivity contribution in [1.82, 2.24) is 25.4 Å². The number of carbonyl (C=O) groups excluding carboxylic acids is 1. The highest BCUT2D eigenvalue weighted by molar-refractivity contribution is 6.30. The van der Waals surface area contributed by atoms with Crippen LogP contribution in [0.2, 0.25) is 5.02 Å². The lowest BCUT2D eigenvalue weighted by Crippen LogP contribution is -2.43. The molecule has 0 unspecified atom stereocenters. The Labute approximate surface area is 203 Å². The highest BCUT2D eigenvalue weighted by Crippen LogP contribution is 2.65. The van der Waals surface area contributed by atoms with Gasteiger partial charge in [0, 0.05) is 48.1 Å². The van der Waals surface area contributed by atoms with Gasteiger partial charge in [0.25, 0.3) is 5.92 Å². The molecule has 2 N–H and O–H groups in total. The predicted molar refractivity (Wildman–Crippen MR) is 129 cm³/mol. The van der Waals surface area contributed by atoms with Crippen LogP contribution in [0, 0.1) is 5.41 Å². The zero-order chi connectivity index (χ0) is 24.5. The molecule has 1 saturated carbocycles. The number of carbonyl (C=O) groups is 1. The molecule has 0 spiro atoms. The van der Waals surface area contributed by atoms with Gasteiger partial charge in [0.05, 0.1) is 16.7 Å². The van der Waals surface area contributed by atoms with E-state index >= 15 is 0 Å². The lowest BCUT2D eigenvalue weighted by molar-refractivity contribution is -0.123. The van der Waals surface area contributed by atoms with Crippen LogP contribution in [-0.4, -0.2) is 58.6 Å². The van der Waals surface area contributed by atoms with E-state index in [2.05, 4.69) is 31.5 Å². The second-order valence-electron chi connectivity index (χ2n) is 9.65. The Balaban J connectivity index is 1.45. The molecule has 2 aromatic heterocycles. The third-order valence-electron chi connectivity index (χ3n) is 7.09. The summed E-state index contributed by atoms with van der Waals surface area (Å²) >= 11 is 6.09. The summed E-state index contributed by atoms with van der Waals surface area (Å²) in [6, 6.07) is 7.81. The topological polar surface area (TPSA) is 73.9 Å². The minimum absolute atomic E-state index is 0.0351. The summed E-state index contributed by atoms with van der Waals surface area (Å²) in [7, 11) is 3.93. The van der Waals surface area contributed by atoms with Crippen LogP contribution < -0.4 is 5.32 Å². The van der Waals surface area contributed by atoms with E-state index in [4.69, 9.17) is 11.6 Å². The lowest BCUT2D eigenvalue weighted by Gasteiger charge is -2.32. The largest absolute Gasteiger partial charge is 0.355 e. The van der Waals surface area contributed by atoms with Crippen LogP contribution in [0.4, 0.5) is 8.78 Å². The molecule has 1 aliphatic rings. The average Bonchev–Trinajstić information content (AvgIpc) is 3.46. The summed E-state index contributed by atoms with van der Waals surface area (Å²) in [6.07, 6.45) is 6.24. The van der Waals surface area contributed by atoms with Crippen LogP contribution in [0.25, 0.3) is 10.9 Å². The maximum absolute atomic E-state index is 14.6. The molecule has 1 fully saturated rings. The minimum atomic E-state index is -2.90. The minimum Gasteiger partial charge on any atom is -0.355 e. The van der Waals surface area contributed by atoms with Crippen molar-refractivity contribution < 1.29 is 13.6 Å². The Bertz CT molecular complexity index is 1160. The fourth-order valence-corrected chi connectivity index (χ4v) is 4.98. The number of fused-ring (bicyclic) bond motifs is 1. The molecule has 34 heavy (non-hydrogen) atoms. The first-order valence-corrected chi connectivity index (χ1v) is 11.8. The average molecular weight is 490 g/mol. The number of rotatable bonds is 10. The number of aromatic amines is 1. The maximum Gasteiger partial charge on any atom is 0.251 e. The first kappa shape index (κ1) is 24.5. The fourth-order valence-electron chi connectivity index (χ4n) is 4.80. The molecule has 3 aromatic rings. The number of pyridine rings is 1. The van der Waals surface area contributed by atoms with Crippen molar-refractivity contribution in [2.45, 2.75) is 50.5 Å². The molecule has 0 aliphatic heterocycles. The molecule has 0 bridgehead atoms. The Morgan fingerprint density at radius 1 is 1.26 bits per heavy atom. The number of H-pyrrole nitrogens is 1. The number of benzene rings is 1. The number of aromatic nitrogens is 3. The first-order valence-electron chi connectivity index (χ1n) is 11.4. The van der Waals surface area contributed by atoms with Crippen molar-refractivity contribution in [1.29, 1.82) is 0 Å². The van der Waals surface area contributed by atoms with Gasteiger partial charge in [0.15, 0.2) is 0 Å². The fraction of sp³-hybridized carbons (Fsp3) is 0.480. The zero-order valence-electron chi connectivity index (χ0n) is 19.6. The molecule has 2 atom stereocenters. The number of alkyl halides is 2. The van der Waals surface area contributed by atoms with Crippen LogP contribution in [0.15, 0.2) is 42.9 Å². The number of likely N-dealkylation sites (N-methyl/N-ethyl adjacent to an activating group) is 1. The Kier molecular flexibility index (Phi) is 6.92. The van der Waals surface area contributed by atoms with Crippen molar-refractivity contribution >= 4 is 28.4 Å². The van der Waals surface area contributed by atoms with Gasteiger partial charge in [-0.15, -0.1) is 0 Å².